The second kappa shape index (κ2) is 14.4. The fraction of sp³-hybridized carbons (Fsp3) is 0.864. The maximum absolute atomic E-state index is 12.6. The molecule has 9 heteroatoms. The van der Waals surface area contributed by atoms with E-state index in [0.29, 0.717) is 39.2 Å². The Morgan fingerprint density at radius 1 is 0.968 bits per heavy atom. The lowest BCUT2D eigenvalue weighted by Crippen LogP contribution is -2.45. The van der Waals surface area contributed by atoms with Gasteiger partial charge < -0.3 is 30.5 Å². The van der Waals surface area contributed by atoms with E-state index in [2.05, 4.69) is 16.0 Å². The average Bonchev–Trinajstić information content (AvgIpc) is 2.63. The first kappa shape index (κ1) is 29.3. The predicted molar refractivity (Wildman–Crippen MR) is 120 cm³/mol. The summed E-state index contributed by atoms with van der Waals surface area (Å²) < 4.78 is 11.0. The number of likely N-dealkylation sites (N-methyl/N-ethyl adjacent to an activating group) is 1. The summed E-state index contributed by atoms with van der Waals surface area (Å²) in [7, 11) is 1.85. The van der Waals surface area contributed by atoms with Crippen molar-refractivity contribution >= 4 is 17.8 Å². The SMILES string of the molecule is CNCCOC(C)CC(=O)NCCOCCC(C)NC(=O)C(C)(C)CC(C)(C)C(=O)O. The highest BCUT2D eigenvalue weighted by Crippen LogP contribution is 2.34. The summed E-state index contributed by atoms with van der Waals surface area (Å²) in [6.45, 7) is 13.1. The van der Waals surface area contributed by atoms with Crippen molar-refractivity contribution in [2.45, 2.75) is 73.0 Å². The molecule has 0 aromatic rings. The highest BCUT2D eigenvalue weighted by molar-refractivity contribution is 5.83. The maximum Gasteiger partial charge on any atom is 0.309 e. The molecule has 0 aliphatic heterocycles. The zero-order chi connectivity index (χ0) is 24.1. The van der Waals surface area contributed by atoms with Crippen molar-refractivity contribution in [2.24, 2.45) is 10.8 Å². The minimum Gasteiger partial charge on any atom is -0.481 e. The fourth-order valence-corrected chi connectivity index (χ4v) is 3.13. The van der Waals surface area contributed by atoms with E-state index in [0.717, 1.165) is 6.54 Å². The first-order chi connectivity index (χ1) is 14.3. The van der Waals surface area contributed by atoms with Crippen LogP contribution >= 0.6 is 0 Å². The molecule has 0 aliphatic carbocycles. The predicted octanol–water partition coefficient (Wildman–Crippen LogP) is 1.56. The van der Waals surface area contributed by atoms with Crippen LogP contribution in [0.1, 0.15) is 60.8 Å². The molecule has 2 unspecified atom stereocenters. The molecule has 0 spiro atoms. The van der Waals surface area contributed by atoms with Crippen LogP contribution < -0.4 is 16.0 Å². The monoisotopic (exact) mass is 445 g/mol. The number of aliphatic carboxylic acids is 1. The van der Waals surface area contributed by atoms with Crippen LogP contribution in [0.5, 0.6) is 0 Å². The van der Waals surface area contributed by atoms with Gasteiger partial charge in [0, 0.05) is 31.2 Å². The number of carboxylic acids is 1. The van der Waals surface area contributed by atoms with Crippen LogP contribution in [0.3, 0.4) is 0 Å². The number of carboxylic acid groups (broad SMARTS) is 1. The van der Waals surface area contributed by atoms with E-state index in [4.69, 9.17) is 9.47 Å². The molecule has 0 fully saturated rings. The molecule has 0 aliphatic rings. The standard InChI is InChI=1S/C22H43N3O6/c1-16(25-19(27)21(3,4)15-22(5,6)20(28)29)8-11-30-12-10-24-18(26)14-17(2)31-13-9-23-7/h16-17,23H,8-15H2,1-7H3,(H,24,26)(H,25,27)(H,28,29). The third kappa shape index (κ3) is 13.3. The Hall–Kier alpha value is -1.71. The van der Waals surface area contributed by atoms with Crippen LogP contribution in [0.4, 0.5) is 0 Å². The Balaban J connectivity index is 4.02. The molecule has 182 valence electrons. The van der Waals surface area contributed by atoms with Gasteiger partial charge in [0.15, 0.2) is 0 Å². The quantitative estimate of drug-likeness (QED) is 0.250. The molecule has 0 saturated carbocycles. The molecular formula is C22H43N3O6. The lowest BCUT2D eigenvalue weighted by molar-refractivity contribution is -0.150. The van der Waals surface area contributed by atoms with Gasteiger partial charge in [-0.25, -0.2) is 0 Å². The number of amides is 2. The molecule has 0 heterocycles. The molecule has 0 bridgehead atoms. The molecule has 9 nitrogen and oxygen atoms in total. The topological polar surface area (TPSA) is 126 Å². The largest absolute Gasteiger partial charge is 0.481 e. The molecule has 2 atom stereocenters. The lowest BCUT2D eigenvalue weighted by atomic mass is 9.74. The van der Waals surface area contributed by atoms with Crippen molar-refractivity contribution in [3.8, 4) is 0 Å². The smallest absolute Gasteiger partial charge is 0.309 e. The van der Waals surface area contributed by atoms with Crippen LogP contribution in [0.25, 0.3) is 0 Å². The number of hydrogen-bond donors (Lipinski definition) is 4. The highest BCUT2D eigenvalue weighted by atomic mass is 16.5. The second-order valence-electron chi connectivity index (χ2n) is 9.36. The maximum atomic E-state index is 12.6. The van der Waals surface area contributed by atoms with E-state index in [9.17, 15) is 19.5 Å². The summed E-state index contributed by atoms with van der Waals surface area (Å²) in [6, 6.07) is -0.107. The third-order valence-corrected chi connectivity index (χ3v) is 4.95. The van der Waals surface area contributed by atoms with Gasteiger partial charge in [0.25, 0.3) is 0 Å². The van der Waals surface area contributed by atoms with E-state index in [1.54, 1.807) is 27.7 Å². The minimum absolute atomic E-state index is 0.0762. The van der Waals surface area contributed by atoms with Gasteiger partial charge in [0.1, 0.15) is 0 Å². The zero-order valence-electron chi connectivity index (χ0n) is 20.3. The van der Waals surface area contributed by atoms with Crippen LogP contribution in [0, 0.1) is 10.8 Å². The van der Waals surface area contributed by atoms with Crippen LogP contribution in [-0.2, 0) is 23.9 Å². The molecule has 0 radical (unpaired) electrons. The van der Waals surface area contributed by atoms with Gasteiger partial charge in [-0.2, -0.15) is 0 Å². The van der Waals surface area contributed by atoms with E-state index in [-0.39, 0.29) is 30.4 Å². The average molecular weight is 446 g/mol. The summed E-state index contributed by atoms with van der Waals surface area (Å²) in [5.74, 6) is -1.17. The molecule has 2 amide bonds. The number of carbonyl (C=O) groups is 3. The lowest BCUT2D eigenvalue weighted by Gasteiger charge is -2.32. The molecule has 0 aromatic carbocycles. The van der Waals surface area contributed by atoms with E-state index >= 15 is 0 Å². The number of hydrogen-bond acceptors (Lipinski definition) is 6. The highest BCUT2D eigenvalue weighted by Gasteiger charge is 2.39. The fourth-order valence-electron chi connectivity index (χ4n) is 3.13. The number of ether oxygens (including phenoxy) is 2. The molecule has 31 heavy (non-hydrogen) atoms. The van der Waals surface area contributed by atoms with Crippen molar-refractivity contribution in [1.29, 1.82) is 0 Å². The summed E-state index contributed by atoms with van der Waals surface area (Å²) in [6.07, 6.45) is 1.03. The summed E-state index contributed by atoms with van der Waals surface area (Å²) in [5, 5.41) is 18.0. The number of rotatable bonds is 17. The van der Waals surface area contributed by atoms with Crippen LogP contribution in [0.15, 0.2) is 0 Å². The molecule has 0 rings (SSSR count). The third-order valence-electron chi connectivity index (χ3n) is 4.95. The Labute approximate surface area is 187 Å². The normalized spacial score (nSPS) is 14.0. The van der Waals surface area contributed by atoms with Gasteiger partial charge in [0.2, 0.25) is 11.8 Å². The van der Waals surface area contributed by atoms with Crippen molar-refractivity contribution in [2.75, 3.05) is 40.0 Å². The molecule has 4 N–H and O–H groups in total. The van der Waals surface area contributed by atoms with Gasteiger partial charge in [-0.3, -0.25) is 14.4 Å². The minimum atomic E-state index is -0.978. The number of nitrogens with one attached hydrogen (secondary N) is 3. The van der Waals surface area contributed by atoms with Crippen LogP contribution in [0.2, 0.25) is 0 Å². The van der Waals surface area contributed by atoms with Gasteiger partial charge in [0.05, 0.1) is 31.2 Å². The number of carbonyl (C=O) groups excluding carboxylic acids is 2. The van der Waals surface area contributed by atoms with Crippen molar-refractivity contribution in [1.82, 2.24) is 16.0 Å². The van der Waals surface area contributed by atoms with E-state index < -0.39 is 16.8 Å². The van der Waals surface area contributed by atoms with E-state index in [1.165, 1.54) is 0 Å². The zero-order valence-corrected chi connectivity index (χ0v) is 20.3. The van der Waals surface area contributed by atoms with Gasteiger partial charge >= 0.3 is 5.97 Å². The van der Waals surface area contributed by atoms with Crippen molar-refractivity contribution in [3.63, 3.8) is 0 Å². The van der Waals surface area contributed by atoms with Gasteiger partial charge in [-0.15, -0.1) is 0 Å². The Kier molecular flexibility index (Phi) is 13.6. The molecular weight excluding hydrogens is 402 g/mol. The van der Waals surface area contributed by atoms with Gasteiger partial charge in [-0.1, -0.05) is 13.8 Å². The Morgan fingerprint density at radius 3 is 2.19 bits per heavy atom. The van der Waals surface area contributed by atoms with Gasteiger partial charge in [-0.05, 0) is 47.6 Å². The first-order valence-electron chi connectivity index (χ1n) is 11.0. The summed E-state index contributed by atoms with van der Waals surface area (Å²) in [4.78, 5) is 35.7. The summed E-state index contributed by atoms with van der Waals surface area (Å²) in [5.41, 5.74) is -1.77. The molecule has 0 saturated heterocycles. The van der Waals surface area contributed by atoms with Crippen LogP contribution in [-0.4, -0.2) is 75.0 Å². The van der Waals surface area contributed by atoms with Crippen molar-refractivity contribution in [3.05, 3.63) is 0 Å². The van der Waals surface area contributed by atoms with Crippen molar-refractivity contribution < 1.29 is 29.0 Å². The first-order valence-corrected chi connectivity index (χ1v) is 11.0. The Morgan fingerprint density at radius 2 is 1.61 bits per heavy atom. The second-order valence-corrected chi connectivity index (χ2v) is 9.36. The molecule has 0 aromatic heterocycles. The Bertz CT molecular complexity index is 565. The summed E-state index contributed by atoms with van der Waals surface area (Å²) >= 11 is 0. The van der Waals surface area contributed by atoms with E-state index in [1.807, 2.05) is 20.9 Å².